The van der Waals surface area contributed by atoms with Crippen LogP contribution < -0.4 is 10.2 Å². The van der Waals surface area contributed by atoms with Crippen molar-refractivity contribution in [3.05, 3.63) is 52.0 Å². The average Bonchev–Trinajstić information content (AvgIpc) is 3.27. The van der Waals surface area contributed by atoms with Gasteiger partial charge in [0.1, 0.15) is 5.52 Å². The van der Waals surface area contributed by atoms with Crippen molar-refractivity contribution in [2.45, 2.75) is 51.2 Å². The fourth-order valence-corrected chi connectivity index (χ4v) is 5.73. The number of piperazine rings is 1. The number of hydrogen-bond donors (Lipinski definition) is 1. The second-order valence-corrected chi connectivity index (χ2v) is 10.2. The highest BCUT2D eigenvalue weighted by Crippen LogP contribution is 2.31. The third-order valence-electron chi connectivity index (χ3n) is 7.12. The molecule has 2 saturated heterocycles. The summed E-state index contributed by atoms with van der Waals surface area (Å²) >= 11 is 12.5. The van der Waals surface area contributed by atoms with Crippen LogP contribution in [0.4, 0.5) is 5.69 Å². The van der Waals surface area contributed by atoms with Crippen molar-refractivity contribution >= 4 is 45.8 Å². The Morgan fingerprint density at radius 2 is 2.00 bits per heavy atom. The van der Waals surface area contributed by atoms with Gasteiger partial charge in [0.25, 0.3) is 0 Å². The van der Waals surface area contributed by atoms with E-state index in [1.807, 2.05) is 22.9 Å². The van der Waals surface area contributed by atoms with Gasteiger partial charge in [-0.2, -0.15) is 0 Å². The molecular weight excluding hydrogens is 471 g/mol. The van der Waals surface area contributed by atoms with Crippen molar-refractivity contribution in [3.8, 4) is 0 Å². The number of nitrogens with zero attached hydrogens (tertiary/aromatic N) is 5. The van der Waals surface area contributed by atoms with Gasteiger partial charge in [-0.25, -0.2) is 4.68 Å². The maximum Gasteiger partial charge on any atom is 0.240 e. The lowest BCUT2D eigenvalue weighted by molar-refractivity contribution is -0.136. The number of amides is 1. The van der Waals surface area contributed by atoms with Gasteiger partial charge in [-0.05, 0) is 69.1 Å². The van der Waals surface area contributed by atoms with Crippen molar-refractivity contribution < 1.29 is 4.79 Å². The summed E-state index contributed by atoms with van der Waals surface area (Å²) in [6.45, 7) is 7.46. The predicted molar refractivity (Wildman–Crippen MR) is 137 cm³/mol. The molecule has 0 bridgehead atoms. The van der Waals surface area contributed by atoms with Crippen molar-refractivity contribution in [1.82, 2.24) is 25.2 Å². The van der Waals surface area contributed by atoms with Crippen LogP contribution in [0.25, 0.3) is 11.0 Å². The smallest absolute Gasteiger partial charge is 0.240 e. The molecule has 1 aromatic heterocycles. The molecule has 2 aliphatic rings. The van der Waals surface area contributed by atoms with E-state index in [9.17, 15) is 4.79 Å². The highest BCUT2D eigenvalue weighted by molar-refractivity contribution is 6.35. The molecule has 2 aliphatic heterocycles. The lowest BCUT2D eigenvalue weighted by Crippen LogP contribution is -2.58. The summed E-state index contributed by atoms with van der Waals surface area (Å²) in [7, 11) is 0. The average molecular weight is 501 g/mol. The summed E-state index contributed by atoms with van der Waals surface area (Å²) in [5.74, 6) is 0.248. The summed E-state index contributed by atoms with van der Waals surface area (Å²) < 4.78 is 1.91. The molecule has 2 fully saturated rings. The first kappa shape index (κ1) is 23.4. The van der Waals surface area contributed by atoms with Gasteiger partial charge in [-0.3, -0.25) is 4.79 Å². The van der Waals surface area contributed by atoms with E-state index < -0.39 is 0 Å². The zero-order valence-corrected chi connectivity index (χ0v) is 21.1. The van der Waals surface area contributed by atoms with Crippen LogP contribution in [0.3, 0.4) is 0 Å². The number of rotatable bonds is 4. The number of nitrogens with one attached hydrogen (secondary N) is 1. The first-order valence-electron chi connectivity index (χ1n) is 12.0. The molecule has 1 N–H and O–H groups in total. The topological polar surface area (TPSA) is 66.3 Å². The fraction of sp³-hybridized carbons (Fsp3) is 0.480. The van der Waals surface area contributed by atoms with E-state index in [0.29, 0.717) is 10.0 Å². The zero-order chi connectivity index (χ0) is 23.8. The molecule has 5 rings (SSSR count). The second-order valence-electron chi connectivity index (χ2n) is 9.38. The van der Waals surface area contributed by atoms with E-state index in [1.54, 1.807) is 6.07 Å². The Bertz CT molecular complexity index is 1190. The van der Waals surface area contributed by atoms with Crippen molar-refractivity contribution in [1.29, 1.82) is 0 Å². The second kappa shape index (κ2) is 9.72. The molecule has 0 saturated carbocycles. The van der Waals surface area contributed by atoms with Crippen LogP contribution in [0, 0.1) is 0 Å². The number of carbonyl (C=O) groups is 1. The minimum atomic E-state index is -0.0959. The molecule has 180 valence electrons. The Morgan fingerprint density at radius 1 is 1.15 bits per heavy atom. The molecule has 0 aliphatic carbocycles. The van der Waals surface area contributed by atoms with Crippen LogP contribution in [0.15, 0.2) is 36.4 Å². The van der Waals surface area contributed by atoms with Gasteiger partial charge in [0.05, 0.1) is 17.6 Å². The molecule has 0 spiro atoms. The Hall–Kier alpha value is -2.35. The Morgan fingerprint density at radius 3 is 2.74 bits per heavy atom. The number of fused-ring (bicyclic) bond motifs is 1. The highest BCUT2D eigenvalue weighted by Gasteiger charge is 2.32. The van der Waals surface area contributed by atoms with E-state index in [0.717, 1.165) is 67.7 Å². The molecule has 34 heavy (non-hydrogen) atoms. The van der Waals surface area contributed by atoms with E-state index in [-0.39, 0.29) is 24.0 Å². The first-order valence-corrected chi connectivity index (χ1v) is 12.8. The van der Waals surface area contributed by atoms with Gasteiger partial charge >= 0.3 is 0 Å². The number of anilines is 1. The van der Waals surface area contributed by atoms with Gasteiger partial charge in [0.15, 0.2) is 0 Å². The molecule has 3 heterocycles. The van der Waals surface area contributed by atoms with Crippen LogP contribution in [0.5, 0.6) is 0 Å². The molecule has 0 unspecified atom stereocenters. The molecule has 0 radical (unpaired) electrons. The third kappa shape index (κ3) is 4.49. The quantitative estimate of drug-likeness (QED) is 0.569. The van der Waals surface area contributed by atoms with Gasteiger partial charge in [-0.1, -0.05) is 40.9 Å². The summed E-state index contributed by atoms with van der Waals surface area (Å²) in [6.07, 6.45) is 3.22. The largest absolute Gasteiger partial charge is 0.368 e. The lowest BCUT2D eigenvalue weighted by Gasteiger charge is -2.42. The number of benzene rings is 2. The van der Waals surface area contributed by atoms with Crippen LogP contribution in [0.2, 0.25) is 10.0 Å². The minimum Gasteiger partial charge on any atom is -0.368 e. The van der Waals surface area contributed by atoms with E-state index >= 15 is 0 Å². The minimum absolute atomic E-state index is 0.0271. The van der Waals surface area contributed by atoms with Crippen molar-refractivity contribution in [3.63, 3.8) is 0 Å². The van der Waals surface area contributed by atoms with E-state index in [1.165, 1.54) is 0 Å². The maximum atomic E-state index is 13.1. The van der Waals surface area contributed by atoms with Gasteiger partial charge in [0, 0.05) is 41.4 Å². The molecule has 3 atom stereocenters. The standard InChI is InChI=1S/C25H30Cl2N6O/c1-16-15-31(11-12-32(16)25(34)23-5-3-4-10-28-23)19-7-9-22-24(14-19)33(30-29-22)17(2)20-8-6-18(26)13-21(20)27/h6-9,13-14,16-17,23,28H,3-5,10-12,15H2,1-2H3/t16-,17-,23-/m1/s1. The van der Waals surface area contributed by atoms with Crippen LogP contribution in [0.1, 0.15) is 44.7 Å². The summed E-state index contributed by atoms with van der Waals surface area (Å²) in [6, 6.07) is 11.8. The van der Waals surface area contributed by atoms with Crippen molar-refractivity contribution in [2.75, 3.05) is 31.1 Å². The first-order chi connectivity index (χ1) is 16.4. The van der Waals surface area contributed by atoms with E-state index in [4.69, 9.17) is 23.2 Å². The normalized spacial score (nSPS) is 22.2. The zero-order valence-electron chi connectivity index (χ0n) is 19.5. The summed E-state index contributed by atoms with van der Waals surface area (Å²) in [5.41, 5.74) is 3.85. The Labute approximate surface area is 210 Å². The summed E-state index contributed by atoms with van der Waals surface area (Å²) in [5, 5.41) is 13.4. The number of aromatic nitrogens is 3. The van der Waals surface area contributed by atoms with Crippen molar-refractivity contribution in [2.24, 2.45) is 0 Å². The lowest BCUT2D eigenvalue weighted by atomic mass is 10.0. The number of halogens is 2. The predicted octanol–water partition coefficient (Wildman–Crippen LogP) is 4.53. The van der Waals surface area contributed by atoms with E-state index in [2.05, 4.69) is 51.4 Å². The van der Waals surface area contributed by atoms with Crippen LogP contribution in [-0.2, 0) is 4.79 Å². The third-order valence-corrected chi connectivity index (χ3v) is 7.68. The number of hydrogen-bond acceptors (Lipinski definition) is 5. The SMILES string of the molecule is C[C@@H]1CN(c2ccc3nnn([C@H](C)c4ccc(Cl)cc4Cl)c3c2)CCN1C(=O)[C@H]1CCCCN1. The molecule has 9 heteroatoms. The number of piperidine rings is 1. The molecule has 7 nitrogen and oxygen atoms in total. The van der Waals surface area contributed by atoms with Gasteiger partial charge in [0.2, 0.25) is 5.91 Å². The Kier molecular flexibility index (Phi) is 6.69. The van der Waals surface area contributed by atoms with Crippen LogP contribution >= 0.6 is 23.2 Å². The van der Waals surface area contributed by atoms with Gasteiger partial charge < -0.3 is 15.1 Å². The molecular formula is C25H30Cl2N6O. The monoisotopic (exact) mass is 500 g/mol. The fourth-order valence-electron chi connectivity index (χ4n) is 5.16. The van der Waals surface area contributed by atoms with Gasteiger partial charge in [-0.15, -0.1) is 5.10 Å². The molecule has 2 aromatic carbocycles. The molecule has 1 amide bonds. The maximum absolute atomic E-state index is 13.1. The highest BCUT2D eigenvalue weighted by atomic mass is 35.5. The Balaban J connectivity index is 1.35. The van der Waals surface area contributed by atoms with Crippen LogP contribution in [-0.4, -0.2) is 64.1 Å². The summed E-state index contributed by atoms with van der Waals surface area (Å²) in [4.78, 5) is 17.5. The number of carbonyl (C=O) groups excluding carboxylic acids is 1. The molecule has 3 aromatic rings.